The summed E-state index contributed by atoms with van der Waals surface area (Å²) in [5.41, 5.74) is 1.09. The minimum Gasteiger partial charge on any atom is -0.479 e. The van der Waals surface area contributed by atoms with Crippen molar-refractivity contribution in [3.63, 3.8) is 0 Å². The minimum atomic E-state index is -3.97. The number of urea groups is 1. The zero-order valence-corrected chi connectivity index (χ0v) is 19.5. The molecule has 2 aromatic rings. The Kier molecular flexibility index (Phi) is 6.21. The maximum absolute atomic E-state index is 13.7. The smallest absolute Gasteiger partial charge is 0.321 e. The molecule has 4 rings (SSSR count). The van der Waals surface area contributed by atoms with Gasteiger partial charge in [-0.1, -0.05) is 17.7 Å². The van der Waals surface area contributed by atoms with Crippen molar-refractivity contribution in [2.75, 3.05) is 36.8 Å². The minimum absolute atomic E-state index is 0.0474. The van der Waals surface area contributed by atoms with Crippen molar-refractivity contribution in [2.24, 2.45) is 0 Å². The van der Waals surface area contributed by atoms with Crippen molar-refractivity contribution in [3.8, 4) is 5.75 Å². The molecule has 0 spiro atoms. The van der Waals surface area contributed by atoms with E-state index in [0.717, 1.165) is 0 Å². The molecule has 3 amide bonds. The first-order valence-electron chi connectivity index (χ1n) is 10.2. The maximum Gasteiger partial charge on any atom is 0.321 e. The molecule has 1 fully saturated rings. The molecule has 2 aliphatic rings. The fraction of sp³-hybridized carbons (Fsp3) is 0.333. The van der Waals surface area contributed by atoms with E-state index in [1.807, 2.05) is 0 Å². The Morgan fingerprint density at radius 3 is 2.58 bits per heavy atom. The number of anilines is 2. The zero-order valence-electron chi connectivity index (χ0n) is 17.9. The van der Waals surface area contributed by atoms with Gasteiger partial charge in [0.2, 0.25) is 10.0 Å². The maximum atomic E-state index is 13.7. The van der Waals surface area contributed by atoms with Gasteiger partial charge >= 0.3 is 6.03 Å². The van der Waals surface area contributed by atoms with Crippen LogP contribution in [-0.2, 0) is 14.8 Å². The van der Waals surface area contributed by atoms with E-state index in [9.17, 15) is 22.4 Å². The van der Waals surface area contributed by atoms with E-state index in [-0.39, 0.29) is 47.8 Å². The summed E-state index contributed by atoms with van der Waals surface area (Å²) >= 11 is 6.22. The number of carbonyl (C=O) groups is 2. The van der Waals surface area contributed by atoms with Crippen LogP contribution in [0.25, 0.3) is 0 Å². The monoisotopic (exact) mass is 496 g/mol. The highest BCUT2D eigenvalue weighted by Crippen LogP contribution is 2.38. The lowest BCUT2D eigenvalue weighted by Gasteiger charge is -2.34. The van der Waals surface area contributed by atoms with Crippen LogP contribution in [-0.4, -0.2) is 61.8 Å². The van der Waals surface area contributed by atoms with Gasteiger partial charge < -0.3 is 20.3 Å². The van der Waals surface area contributed by atoms with Gasteiger partial charge in [0, 0.05) is 37.9 Å². The lowest BCUT2D eigenvalue weighted by Crippen LogP contribution is -2.51. The van der Waals surface area contributed by atoms with Gasteiger partial charge in [0.05, 0.1) is 10.7 Å². The molecule has 0 saturated carbocycles. The number of nitrogens with zero attached hydrogens (tertiary/aromatic N) is 2. The number of benzene rings is 2. The van der Waals surface area contributed by atoms with Crippen LogP contribution in [0.2, 0.25) is 5.02 Å². The number of hydrogen-bond acceptors (Lipinski definition) is 5. The molecular formula is C21H22ClFN4O5S. The van der Waals surface area contributed by atoms with Crippen LogP contribution >= 0.6 is 11.6 Å². The number of amides is 3. The number of carbonyl (C=O) groups excluding carboxylic acids is 2. The van der Waals surface area contributed by atoms with Crippen LogP contribution < -0.4 is 15.4 Å². The topological polar surface area (TPSA) is 108 Å². The van der Waals surface area contributed by atoms with Crippen LogP contribution in [0.1, 0.15) is 12.5 Å². The first-order valence-corrected chi connectivity index (χ1v) is 12.0. The molecule has 9 nitrogen and oxygen atoms in total. The Bertz CT molecular complexity index is 1230. The summed E-state index contributed by atoms with van der Waals surface area (Å²) in [4.78, 5) is 25.6. The summed E-state index contributed by atoms with van der Waals surface area (Å²) in [5.74, 6) is -0.561. The summed E-state index contributed by atoms with van der Waals surface area (Å²) < 4.78 is 46.9. The molecule has 0 radical (unpaired) electrons. The number of hydrogen-bond donors (Lipinski definition) is 2. The summed E-state index contributed by atoms with van der Waals surface area (Å²) in [7, 11) is -3.97. The highest BCUT2D eigenvalue weighted by molar-refractivity contribution is 7.89. The molecule has 0 unspecified atom stereocenters. The lowest BCUT2D eigenvalue weighted by atomic mass is 10.2. The summed E-state index contributed by atoms with van der Waals surface area (Å²) in [5, 5.41) is 5.20. The zero-order chi connectivity index (χ0) is 23.9. The van der Waals surface area contributed by atoms with Gasteiger partial charge in [0.1, 0.15) is 16.5 Å². The molecule has 12 heteroatoms. The molecule has 0 aliphatic carbocycles. The van der Waals surface area contributed by atoms with E-state index in [4.69, 9.17) is 16.3 Å². The number of nitrogens with one attached hydrogen (secondary N) is 2. The molecule has 2 aliphatic heterocycles. The number of aryl methyl sites for hydroxylation is 1. The fourth-order valence-corrected chi connectivity index (χ4v) is 5.49. The van der Waals surface area contributed by atoms with E-state index in [1.54, 1.807) is 26.0 Å². The number of piperazine rings is 1. The van der Waals surface area contributed by atoms with Crippen molar-refractivity contribution < 1.29 is 27.1 Å². The fourth-order valence-electron chi connectivity index (χ4n) is 3.55. The molecule has 0 bridgehead atoms. The van der Waals surface area contributed by atoms with Crippen LogP contribution in [0.5, 0.6) is 5.75 Å². The molecule has 1 atom stereocenters. The van der Waals surface area contributed by atoms with Crippen molar-refractivity contribution in [1.29, 1.82) is 0 Å². The molecule has 0 aromatic heterocycles. The van der Waals surface area contributed by atoms with Gasteiger partial charge in [-0.25, -0.2) is 17.6 Å². The molecule has 2 aromatic carbocycles. The highest BCUT2D eigenvalue weighted by atomic mass is 35.5. The van der Waals surface area contributed by atoms with E-state index < -0.39 is 28.0 Å². The van der Waals surface area contributed by atoms with Crippen molar-refractivity contribution in [1.82, 2.24) is 9.21 Å². The summed E-state index contributed by atoms with van der Waals surface area (Å²) in [6.45, 7) is 3.57. The molecule has 2 heterocycles. The molecule has 1 saturated heterocycles. The normalized spacial score (nSPS) is 18.8. The van der Waals surface area contributed by atoms with Gasteiger partial charge in [-0.15, -0.1) is 0 Å². The van der Waals surface area contributed by atoms with Gasteiger partial charge in [0.15, 0.2) is 6.10 Å². The predicted octanol–water partition coefficient (Wildman–Crippen LogP) is 3.05. The second-order valence-corrected chi connectivity index (χ2v) is 10.1. The predicted molar refractivity (Wildman–Crippen MR) is 121 cm³/mol. The standard InChI is InChI=1S/C21H22ClFN4O5S/c1-12-3-4-14(9-16(12)23)24-21(29)26-5-7-27(8-6-26)33(30,31)19-11-18-17(10-15(19)22)25-20(28)13(2)32-18/h3-4,9-11,13H,5-8H2,1-2H3,(H,24,29)(H,25,28)/t13-/m0/s1. The van der Waals surface area contributed by atoms with Crippen LogP contribution in [0.3, 0.4) is 0 Å². The van der Waals surface area contributed by atoms with Crippen LogP contribution in [0.4, 0.5) is 20.6 Å². The average molecular weight is 497 g/mol. The number of sulfonamides is 1. The van der Waals surface area contributed by atoms with Gasteiger partial charge in [-0.3, -0.25) is 4.79 Å². The van der Waals surface area contributed by atoms with E-state index >= 15 is 0 Å². The van der Waals surface area contributed by atoms with Crippen molar-refractivity contribution in [2.45, 2.75) is 24.8 Å². The van der Waals surface area contributed by atoms with E-state index in [1.165, 1.54) is 27.4 Å². The largest absolute Gasteiger partial charge is 0.479 e. The summed E-state index contributed by atoms with van der Waals surface area (Å²) in [6, 6.07) is 6.59. The lowest BCUT2D eigenvalue weighted by molar-refractivity contribution is -0.122. The van der Waals surface area contributed by atoms with E-state index in [0.29, 0.717) is 16.9 Å². The Balaban J connectivity index is 1.45. The van der Waals surface area contributed by atoms with Crippen LogP contribution in [0, 0.1) is 12.7 Å². The van der Waals surface area contributed by atoms with Gasteiger partial charge in [0.25, 0.3) is 5.91 Å². The molecule has 33 heavy (non-hydrogen) atoms. The second kappa shape index (κ2) is 8.81. The first-order chi connectivity index (χ1) is 15.6. The number of fused-ring (bicyclic) bond motifs is 1. The number of rotatable bonds is 3. The summed E-state index contributed by atoms with van der Waals surface area (Å²) in [6.07, 6.45) is -0.765. The third kappa shape index (κ3) is 4.61. The Hall–Kier alpha value is -2.89. The molecule has 2 N–H and O–H groups in total. The van der Waals surface area contributed by atoms with Gasteiger partial charge in [-0.05, 0) is 37.6 Å². The average Bonchev–Trinajstić information content (AvgIpc) is 2.77. The van der Waals surface area contributed by atoms with Gasteiger partial charge in [-0.2, -0.15) is 4.31 Å². The van der Waals surface area contributed by atoms with E-state index in [2.05, 4.69) is 10.6 Å². The second-order valence-electron chi connectivity index (χ2n) is 7.81. The third-order valence-electron chi connectivity index (χ3n) is 5.53. The Labute approximate surface area is 195 Å². The SMILES string of the molecule is Cc1ccc(NC(=O)N2CCN(S(=O)(=O)c3cc4c(cc3Cl)NC(=O)[C@H](C)O4)CC2)cc1F. The highest BCUT2D eigenvalue weighted by Gasteiger charge is 2.34. The van der Waals surface area contributed by atoms with Crippen molar-refractivity contribution in [3.05, 3.63) is 46.7 Å². The number of ether oxygens (including phenoxy) is 1. The quantitative estimate of drug-likeness (QED) is 0.679. The Morgan fingerprint density at radius 2 is 1.91 bits per heavy atom. The number of halogens is 2. The Morgan fingerprint density at radius 1 is 1.21 bits per heavy atom. The third-order valence-corrected chi connectivity index (χ3v) is 7.90. The first kappa shape index (κ1) is 23.3. The van der Waals surface area contributed by atoms with Crippen molar-refractivity contribution >= 4 is 44.9 Å². The van der Waals surface area contributed by atoms with Crippen LogP contribution in [0.15, 0.2) is 35.2 Å². The molecule has 176 valence electrons. The molecular weight excluding hydrogens is 475 g/mol.